The molecule has 0 spiro atoms. The molecule has 6 heteroatoms. The number of carbonyl (C=O) groups excluding carboxylic acids is 2. The average molecular weight is 283 g/mol. The van der Waals surface area contributed by atoms with Gasteiger partial charge in [-0.05, 0) is 13.3 Å². The lowest BCUT2D eigenvalue weighted by atomic mass is 9.84. The van der Waals surface area contributed by atoms with Crippen LogP contribution in [0.25, 0.3) is 0 Å². The topological polar surface area (TPSA) is 75.9 Å². The van der Waals surface area contributed by atoms with E-state index < -0.39 is 5.41 Å². The lowest BCUT2D eigenvalue weighted by Crippen LogP contribution is -2.52. The zero-order valence-corrected chi connectivity index (χ0v) is 12.4. The fourth-order valence-corrected chi connectivity index (χ4v) is 2.86. The summed E-state index contributed by atoms with van der Waals surface area (Å²) in [6, 6.07) is -0.244. The highest BCUT2D eigenvalue weighted by Crippen LogP contribution is 2.29. The Bertz CT molecular complexity index is 388. The predicted octanol–water partition coefficient (Wildman–Crippen LogP) is -0.179. The molecule has 0 saturated carbocycles. The Kier molecular flexibility index (Phi) is 4.65. The number of hydrogen-bond donors (Lipinski definition) is 1. The summed E-state index contributed by atoms with van der Waals surface area (Å²) >= 11 is 0. The maximum Gasteiger partial charge on any atom is 0.232 e. The van der Waals surface area contributed by atoms with Crippen molar-refractivity contribution in [2.24, 2.45) is 11.1 Å². The van der Waals surface area contributed by atoms with E-state index in [-0.39, 0.29) is 17.9 Å². The number of rotatable bonds is 2. The molecule has 114 valence electrons. The minimum Gasteiger partial charge on any atom is -0.379 e. The van der Waals surface area contributed by atoms with E-state index >= 15 is 0 Å². The summed E-state index contributed by atoms with van der Waals surface area (Å²) in [4.78, 5) is 28.1. The van der Waals surface area contributed by atoms with Gasteiger partial charge < -0.3 is 20.3 Å². The van der Waals surface area contributed by atoms with Gasteiger partial charge in [-0.3, -0.25) is 9.59 Å². The van der Waals surface area contributed by atoms with Crippen LogP contribution in [0.15, 0.2) is 0 Å². The van der Waals surface area contributed by atoms with Crippen LogP contribution in [0.5, 0.6) is 0 Å². The van der Waals surface area contributed by atoms with Crippen molar-refractivity contribution in [3.63, 3.8) is 0 Å². The standard InChI is InChI=1S/C14H25N3O3/c1-3-12(18)16-5-4-6-17(8-7-16)13(19)14(2)10-20-9-11(14)15/h11H,3-10,15H2,1-2H3. The number of ether oxygens (including phenoxy) is 1. The zero-order chi connectivity index (χ0) is 14.8. The van der Waals surface area contributed by atoms with Gasteiger partial charge in [0.15, 0.2) is 0 Å². The molecule has 2 fully saturated rings. The molecule has 0 aromatic rings. The van der Waals surface area contributed by atoms with E-state index in [9.17, 15) is 9.59 Å². The number of nitrogens with zero attached hydrogens (tertiary/aromatic N) is 2. The molecular formula is C14H25N3O3. The summed E-state index contributed by atoms with van der Waals surface area (Å²) in [6.07, 6.45) is 1.34. The second-order valence-electron chi connectivity index (χ2n) is 5.92. The molecule has 2 unspecified atom stereocenters. The summed E-state index contributed by atoms with van der Waals surface area (Å²) in [5.74, 6) is 0.222. The van der Waals surface area contributed by atoms with Crippen LogP contribution < -0.4 is 5.73 Å². The Hall–Kier alpha value is -1.14. The maximum atomic E-state index is 12.7. The van der Waals surface area contributed by atoms with Gasteiger partial charge >= 0.3 is 0 Å². The van der Waals surface area contributed by atoms with Gasteiger partial charge in [-0.25, -0.2) is 0 Å². The SMILES string of the molecule is CCC(=O)N1CCCN(C(=O)C2(C)COCC2N)CC1. The second kappa shape index (κ2) is 6.10. The van der Waals surface area contributed by atoms with Crippen LogP contribution in [0.3, 0.4) is 0 Å². The molecule has 0 aromatic heterocycles. The average Bonchev–Trinajstić information content (AvgIpc) is 2.68. The third kappa shape index (κ3) is 2.81. The molecule has 20 heavy (non-hydrogen) atoms. The number of amides is 2. The molecule has 0 aliphatic carbocycles. The molecule has 0 radical (unpaired) electrons. The Morgan fingerprint density at radius 2 is 1.90 bits per heavy atom. The smallest absolute Gasteiger partial charge is 0.232 e. The molecule has 2 aliphatic heterocycles. The van der Waals surface area contributed by atoms with Crippen LogP contribution in [0.4, 0.5) is 0 Å². The van der Waals surface area contributed by atoms with Crippen molar-refractivity contribution in [1.29, 1.82) is 0 Å². The highest BCUT2D eigenvalue weighted by Gasteiger charge is 2.46. The Morgan fingerprint density at radius 1 is 1.25 bits per heavy atom. The van der Waals surface area contributed by atoms with Crippen molar-refractivity contribution in [2.75, 3.05) is 39.4 Å². The minimum atomic E-state index is -0.621. The highest BCUT2D eigenvalue weighted by atomic mass is 16.5. The normalized spacial score (nSPS) is 31.2. The van der Waals surface area contributed by atoms with Gasteiger partial charge in [0, 0.05) is 38.6 Å². The minimum absolute atomic E-state index is 0.0632. The van der Waals surface area contributed by atoms with Crippen molar-refractivity contribution >= 4 is 11.8 Å². The van der Waals surface area contributed by atoms with Gasteiger partial charge in [0.05, 0.1) is 18.6 Å². The van der Waals surface area contributed by atoms with E-state index in [4.69, 9.17) is 10.5 Å². The monoisotopic (exact) mass is 283 g/mol. The molecule has 0 aromatic carbocycles. The molecule has 6 nitrogen and oxygen atoms in total. The van der Waals surface area contributed by atoms with E-state index in [1.807, 2.05) is 23.6 Å². The van der Waals surface area contributed by atoms with Crippen LogP contribution in [-0.2, 0) is 14.3 Å². The second-order valence-corrected chi connectivity index (χ2v) is 5.92. The maximum absolute atomic E-state index is 12.7. The first-order valence-corrected chi connectivity index (χ1v) is 7.39. The third-order valence-electron chi connectivity index (χ3n) is 4.44. The van der Waals surface area contributed by atoms with E-state index in [0.717, 1.165) is 13.0 Å². The van der Waals surface area contributed by atoms with Crippen LogP contribution >= 0.6 is 0 Å². The zero-order valence-electron chi connectivity index (χ0n) is 12.4. The molecule has 2 heterocycles. The number of nitrogens with two attached hydrogens (primary N) is 1. The molecule has 2 N–H and O–H groups in total. The van der Waals surface area contributed by atoms with Gasteiger partial charge in [0.25, 0.3) is 0 Å². The third-order valence-corrected chi connectivity index (χ3v) is 4.44. The largest absolute Gasteiger partial charge is 0.379 e. The summed E-state index contributed by atoms with van der Waals surface area (Å²) in [5, 5.41) is 0. The van der Waals surface area contributed by atoms with Crippen LogP contribution in [0.1, 0.15) is 26.7 Å². The van der Waals surface area contributed by atoms with Gasteiger partial charge in [-0.2, -0.15) is 0 Å². The van der Waals surface area contributed by atoms with E-state index in [1.54, 1.807) is 0 Å². The van der Waals surface area contributed by atoms with E-state index in [0.29, 0.717) is 39.3 Å². The Labute approximate surface area is 120 Å². The molecule has 2 amide bonds. The molecular weight excluding hydrogens is 258 g/mol. The van der Waals surface area contributed by atoms with Crippen molar-refractivity contribution < 1.29 is 14.3 Å². The van der Waals surface area contributed by atoms with Crippen molar-refractivity contribution in [3.05, 3.63) is 0 Å². The first-order valence-electron chi connectivity index (χ1n) is 7.39. The van der Waals surface area contributed by atoms with Crippen molar-refractivity contribution in [2.45, 2.75) is 32.7 Å². The fourth-order valence-electron chi connectivity index (χ4n) is 2.86. The molecule has 2 aliphatic rings. The summed E-state index contributed by atoms with van der Waals surface area (Å²) in [6.45, 7) is 7.21. The molecule has 2 rings (SSSR count). The number of carbonyl (C=O) groups is 2. The molecule has 0 bridgehead atoms. The molecule has 2 atom stereocenters. The van der Waals surface area contributed by atoms with Gasteiger partial charge in [0.2, 0.25) is 11.8 Å². The Morgan fingerprint density at radius 3 is 2.50 bits per heavy atom. The number of hydrogen-bond acceptors (Lipinski definition) is 4. The summed E-state index contributed by atoms with van der Waals surface area (Å²) < 4.78 is 5.36. The van der Waals surface area contributed by atoms with Crippen molar-refractivity contribution in [1.82, 2.24) is 9.80 Å². The first-order chi connectivity index (χ1) is 9.49. The predicted molar refractivity (Wildman–Crippen MR) is 75.0 cm³/mol. The summed E-state index contributed by atoms with van der Waals surface area (Å²) in [5.41, 5.74) is 5.40. The van der Waals surface area contributed by atoms with Crippen molar-refractivity contribution in [3.8, 4) is 0 Å². The van der Waals surface area contributed by atoms with Gasteiger partial charge in [-0.15, -0.1) is 0 Å². The highest BCUT2D eigenvalue weighted by molar-refractivity contribution is 5.84. The van der Waals surface area contributed by atoms with Crippen LogP contribution in [0.2, 0.25) is 0 Å². The summed E-state index contributed by atoms with van der Waals surface area (Å²) in [7, 11) is 0. The van der Waals surface area contributed by atoms with E-state index in [1.165, 1.54) is 0 Å². The van der Waals surface area contributed by atoms with E-state index in [2.05, 4.69) is 0 Å². The first kappa shape index (κ1) is 15.3. The quantitative estimate of drug-likeness (QED) is 0.763. The lowest BCUT2D eigenvalue weighted by Gasteiger charge is -2.32. The van der Waals surface area contributed by atoms with Crippen LogP contribution in [-0.4, -0.2) is 67.0 Å². The Balaban J connectivity index is 2.00. The van der Waals surface area contributed by atoms with Crippen LogP contribution in [0, 0.1) is 5.41 Å². The fraction of sp³-hybridized carbons (Fsp3) is 0.857. The lowest BCUT2D eigenvalue weighted by molar-refractivity contribution is -0.142. The van der Waals surface area contributed by atoms with Gasteiger partial charge in [-0.1, -0.05) is 6.92 Å². The van der Waals surface area contributed by atoms with Gasteiger partial charge in [0.1, 0.15) is 0 Å². The molecule has 2 saturated heterocycles.